The normalized spacial score (nSPS) is 9.69. The van der Waals surface area contributed by atoms with Crippen molar-refractivity contribution in [1.29, 1.82) is 0 Å². The molecule has 1 aromatic rings. The van der Waals surface area contributed by atoms with Crippen molar-refractivity contribution in [2.45, 2.75) is 6.16 Å². The number of rotatable bonds is 2. The predicted octanol–water partition coefficient (Wildman–Crippen LogP) is -7.10. The Morgan fingerprint density at radius 3 is 2.31 bits per heavy atom. The first kappa shape index (κ1) is 16.7. The average molecular weight is 218 g/mol. The fraction of sp³-hybridized carbons (Fsp3) is 0.200. The second-order valence-corrected chi connectivity index (χ2v) is 3.50. The quantitative estimate of drug-likeness (QED) is 0.363. The van der Waals surface area contributed by atoms with E-state index in [0.717, 1.165) is 0 Å². The first-order valence-corrected chi connectivity index (χ1v) is 4.57. The smallest absolute Gasteiger partial charge is 0.810 e. The van der Waals surface area contributed by atoms with Crippen molar-refractivity contribution in [3.63, 3.8) is 0 Å². The Morgan fingerprint density at radius 2 is 1.92 bits per heavy atom. The summed E-state index contributed by atoms with van der Waals surface area (Å²) in [6.07, 6.45) is 3.43. The van der Waals surface area contributed by atoms with Crippen LogP contribution < -0.4 is 68.9 Å². The fourth-order valence-electron chi connectivity index (χ4n) is 0.610. The van der Waals surface area contributed by atoms with Crippen LogP contribution in [0.5, 0.6) is 0 Å². The van der Waals surface area contributed by atoms with E-state index in [-0.39, 0.29) is 64.8 Å². The number of hydrogen-bond donors (Lipinski definition) is 0. The van der Waals surface area contributed by atoms with Gasteiger partial charge in [0, 0.05) is 24.8 Å². The van der Waals surface area contributed by atoms with Crippen molar-refractivity contribution >= 4 is 7.60 Å². The summed E-state index contributed by atoms with van der Waals surface area (Å²) in [4.78, 5) is 27.6. The van der Waals surface area contributed by atoms with Gasteiger partial charge < -0.3 is 14.4 Å². The van der Waals surface area contributed by atoms with Crippen LogP contribution in [0.3, 0.4) is 0 Å². The third kappa shape index (κ3) is 8.24. The van der Waals surface area contributed by atoms with Gasteiger partial charge in [-0.3, -0.25) is 9.97 Å². The van der Waals surface area contributed by atoms with E-state index in [1.165, 1.54) is 18.6 Å². The van der Waals surface area contributed by atoms with Gasteiger partial charge in [-0.1, -0.05) is 7.60 Å². The van der Waals surface area contributed by atoms with Crippen LogP contribution in [0, 0.1) is 0 Å². The molecule has 5 nitrogen and oxygen atoms in total. The average Bonchev–Trinajstić information content (AvgIpc) is 1.85. The maximum absolute atomic E-state index is 10.2. The van der Waals surface area contributed by atoms with Crippen LogP contribution in [0.25, 0.3) is 0 Å². The van der Waals surface area contributed by atoms with E-state index >= 15 is 0 Å². The minimum atomic E-state index is -4.49. The molecule has 0 spiro atoms. The molecule has 8 heteroatoms. The Bertz CT molecular complexity index is 278. The molecule has 1 rings (SSSR count). The Kier molecular flexibility index (Phi) is 9.62. The van der Waals surface area contributed by atoms with Crippen molar-refractivity contribution < 1.29 is 73.5 Å². The van der Waals surface area contributed by atoms with Crippen LogP contribution in [-0.2, 0) is 10.7 Å². The molecule has 0 amide bonds. The summed E-state index contributed by atoms with van der Waals surface area (Å²) in [6, 6.07) is 0. The molecule has 0 aliphatic heterocycles. The topological polar surface area (TPSA) is 89.0 Å². The zero-order chi connectivity index (χ0) is 8.32. The van der Waals surface area contributed by atoms with E-state index in [4.69, 9.17) is 0 Å². The molecule has 0 N–H and O–H groups in total. The van der Waals surface area contributed by atoms with E-state index in [0.29, 0.717) is 0 Å². The number of aromatic nitrogens is 2. The number of hydrogen-bond acceptors (Lipinski definition) is 5. The molecule has 0 aromatic carbocycles. The van der Waals surface area contributed by atoms with E-state index in [9.17, 15) is 14.4 Å². The van der Waals surface area contributed by atoms with Gasteiger partial charge in [0.2, 0.25) is 0 Å². The molecule has 0 aliphatic rings. The van der Waals surface area contributed by atoms with Gasteiger partial charge in [0.05, 0.1) is 5.69 Å². The summed E-state index contributed by atoms with van der Waals surface area (Å²) in [5.41, 5.74) is 0.181. The molecule has 1 aromatic heterocycles. The standard InChI is InChI=1S/C5H7N2O3P.2Na/c8-11(9,10)4-5-3-6-1-2-7-5;;/h1-3H,4H2,(H2,8,9,10);;/q;2*+1/p-2. The van der Waals surface area contributed by atoms with Crippen LogP contribution >= 0.6 is 7.60 Å². The van der Waals surface area contributed by atoms with Crippen LogP contribution in [0.2, 0.25) is 0 Å². The van der Waals surface area contributed by atoms with E-state index in [1.807, 2.05) is 0 Å². The maximum atomic E-state index is 10.2. The summed E-state index contributed by atoms with van der Waals surface area (Å²) < 4.78 is 10.2. The Labute approximate surface area is 120 Å². The maximum Gasteiger partial charge on any atom is 1.00 e. The van der Waals surface area contributed by atoms with Gasteiger partial charge in [0.25, 0.3) is 0 Å². The van der Waals surface area contributed by atoms with Gasteiger partial charge in [0.1, 0.15) is 0 Å². The fourth-order valence-corrected chi connectivity index (χ4v) is 1.17. The van der Waals surface area contributed by atoms with E-state index in [2.05, 4.69) is 9.97 Å². The van der Waals surface area contributed by atoms with Gasteiger partial charge in [-0.15, -0.1) is 0 Å². The van der Waals surface area contributed by atoms with Crippen LogP contribution in [0.15, 0.2) is 18.6 Å². The van der Waals surface area contributed by atoms with E-state index < -0.39 is 13.8 Å². The largest absolute Gasteiger partial charge is 1.00 e. The molecule has 0 bridgehead atoms. The van der Waals surface area contributed by atoms with E-state index in [1.54, 1.807) is 0 Å². The third-order valence-electron chi connectivity index (χ3n) is 0.972. The molecule has 0 fully saturated rings. The molecular formula is C5H5N2Na2O3P. The van der Waals surface area contributed by atoms with Crippen LogP contribution in [0.4, 0.5) is 0 Å². The van der Waals surface area contributed by atoms with Crippen molar-refractivity contribution in [3.05, 3.63) is 24.3 Å². The first-order valence-electron chi connectivity index (χ1n) is 2.84. The molecule has 0 saturated carbocycles. The Balaban J connectivity index is 0. The molecule has 0 unspecified atom stereocenters. The zero-order valence-corrected chi connectivity index (χ0v) is 12.4. The van der Waals surface area contributed by atoms with Crippen molar-refractivity contribution in [2.24, 2.45) is 0 Å². The minimum Gasteiger partial charge on any atom is -0.810 e. The summed E-state index contributed by atoms with van der Waals surface area (Å²) in [7, 11) is -4.49. The van der Waals surface area contributed by atoms with Crippen LogP contribution in [0.1, 0.15) is 5.69 Å². The molecule has 0 saturated heterocycles. The van der Waals surface area contributed by atoms with Crippen LogP contribution in [-0.4, -0.2) is 9.97 Å². The van der Waals surface area contributed by atoms with Crippen molar-refractivity contribution in [1.82, 2.24) is 9.97 Å². The second-order valence-electron chi connectivity index (χ2n) is 1.97. The SMILES string of the molecule is O=P([O-])([O-])Cc1cnccn1.[Na+].[Na+]. The zero-order valence-electron chi connectivity index (χ0n) is 7.51. The minimum absolute atomic E-state index is 0. The van der Waals surface area contributed by atoms with Gasteiger partial charge in [-0.25, -0.2) is 0 Å². The van der Waals surface area contributed by atoms with Gasteiger partial charge >= 0.3 is 59.1 Å². The Morgan fingerprint density at radius 1 is 1.31 bits per heavy atom. The first-order chi connectivity index (χ1) is 5.08. The van der Waals surface area contributed by atoms with Gasteiger partial charge in [0.15, 0.2) is 0 Å². The molecule has 13 heavy (non-hydrogen) atoms. The number of nitrogens with zero attached hydrogens (tertiary/aromatic N) is 2. The molecule has 0 aliphatic carbocycles. The second kappa shape index (κ2) is 7.51. The summed E-state index contributed by atoms with van der Waals surface area (Å²) >= 11 is 0. The van der Waals surface area contributed by atoms with Gasteiger partial charge in [-0.05, 0) is 0 Å². The molecule has 0 radical (unpaired) electrons. The molecule has 0 atom stereocenters. The Hall–Kier alpha value is 1.23. The third-order valence-corrected chi connectivity index (χ3v) is 1.68. The summed E-state index contributed by atoms with van der Waals surface area (Å²) in [6.45, 7) is 0. The van der Waals surface area contributed by atoms with Gasteiger partial charge in [-0.2, -0.15) is 0 Å². The summed E-state index contributed by atoms with van der Waals surface area (Å²) in [5.74, 6) is 0. The molecule has 60 valence electrons. The predicted molar refractivity (Wildman–Crippen MR) is 33.3 cm³/mol. The van der Waals surface area contributed by atoms with Crippen molar-refractivity contribution in [3.8, 4) is 0 Å². The van der Waals surface area contributed by atoms with Crippen molar-refractivity contribution in [2.75, 3.05) is 0 Å². The molecular weight excluding hydrogens is 213 g/mol. The molecule has 1 heterocycles. The summed E-state index contributed by atoms with van der Waals surface area (Å²) in [5, 5.41) is 0. The monoisotopic (exact) mass is 218 g/mol.